The second-order valence-electron chi connectivity index (χ2n) is 2.90. The average molecular weight is 193 g/mol. The summed E-state index contributed by atoms with van der Waals surface area (Å²) in [6, 6.07) is 3.92. The zero-order valence-corrected chi connectivity index (χ0v) is 8.44. The number of hydrazine groups is 1. The molecule has 1 aromatic heterocycles. The molecule has 0 unspecified atom stereocenters. The van der Waals surface area contributed by atoms with Gasteiger partial charge < -0.3 is 4.90 Å². The van der Waals surface area contributed by atoms with Crippen molar-refractivity contribution in [3.05, 3.63) is 30.1 Å². The zero-order valence-electron chi connectivity index (χ0n) is 8.44. The Bertz CT molecular complexity index is 295. The molecule has 0 radical (unpaired) electrons. The second-order valence-corrected chi connectivity index (χ2v) is 2.90. The van der Waals surface area contributed by atoms with E-state index in [0.29, 0.717) is 5.96 Å². The number of hydrogen-bond acceptors (Lipinski definition) is 3. The van der Waals surface area contributed by atoms with Crippen molar-refractivity contribution in [1.29, 1.82) is 0 Å². The van der Waals surface area contributed by atoms with Crippen molar-refractivity contribution < 1.29 is 0 Å². The Morgan fingerprint density at radius 1 is 1.57 bits per heavy atom. The van der Waals surface area contributed by atoms with E-state index >= 15 is 0 Å². The lowest BCUT2D eigenvalue weighted by Gasteiger charge is -2.19. The molecule has 0 aliphatic heterocycles. The largest absolute Gasteiger partial charge is 0.341 e. The highest BCUT2D eigenvalue weighted by atomic mass is 15.4. The Morgan fingerprint density at radius 3 is 2.71 bits per heavy atom. The van der Waals surface area contributed by atoms with E-state index in [1.807, 2.05) is 24.1 Å². The van der Waals surface area contributed by atoms with Crippen molar-refractivity contribution in [2.75, 3.05) is 14.1 Å². The lowest BCUT2D eigenvalue weighted by atomic mass is 10.2. The van der Waals surface area contributed by atoms with Crippen molar-refractivity contribution in [2.45, 2.75) is 6.54 Å². The minimum absolute atomic E-state index is 0.654. The molecule has 0 aliphatic rings. The number of aromatic nitrogens is 1. The van der Waals surface area contributed by atoms with E-state index in [4.69, 9.17) is 5.84 Å². The van der Waals surface area contributed by atoms with Crippen molar-refractivity contribution in [1.82, 2.24) is 15.3 Å². The number of hydrogen-bond donors (Lipinski definition) is 2. The number of rotatable bonds is 2. The predicted octanol–water partition coefficient (Wildman–Crippen LogP) is -0.0375. The van der Waals surface area contributed by atoms with E-state index in [9.17, 15) is 0 Å². The van der Waals surface area contributed by atoms with Gasteiger partial charge in [-0.15, -0.1) is 0 Å². The molecule has 76 valence electrons. The van der Waals surface area contributed by atoms with E-state index in [1.165, 1.54) is 5.56 Å². The fourth-order valence-corrected chi connectivity index (χ4v) is 1.18. The van der Waals surface area contributed by atoms with Crippen molar-refractivity contribution in [3.8, 4) is 0 Å². The number of pyridine rings is 1. The average Bonchev–Trinajstić information content (AvgIpc) is 2.21. The molecule has 1 rings (SSSR count). The number of nitrogens with one attached hydrogen (secondary N) is 1. The normalized spacial score (nSPS) is 11.2. The Labute approximate surface area is 83.6 Å². The zero-order chi connectivity index (χ0) is 10.4. The lowest BCUT2D eigenvalue weighted by molar-refractivity contribution is 0.479. The fraction of sp³-hybridized carbons (Fsp3) is 0.333. The van der Waals surface area contributed by atoms with Crippen LogP contribution >= 0.6 is 0 Å². The SMILES string of the molecule is CN=C(NN)N(C)Cc1ccncc1. The summed E-state index contributed by atoms with van der Waals surface area (Å²) < 4.78 is 0. The summed E-state index contributed by atoms with van der Waals surface area (Å²) in [5.41, 5.74) is 3.70. The quantitative estimate of drug-likeness (QED) is 0.299. The van der Waals surface area contributed by atoms with E-state index < -0.39 is 0 Å². The van der Waals surface area contributed by atoms with Gasteiger partial charge >= 0.3 is 0 Å². The Balaban J connectivity index is 2.61. The fourth-order valence-electron chi connectivity index (χ4n) is 1.18. The Morgan fingerprint density at radius 2 is 2.21 bits per heavy atom. The minimum Gasteiger partial charge on any atom is -0.341 e. The summed E-state index contributed by atoms with van der Waals surface area (Å²) in [4.78, 5) is 9.87. The van der Waals surface area contributed by atoms with Crippen LogP contribution in [-0.4, -0.2) is 29.9 Å². The van der Waals surface area contributed by atoms with Gasteiger partial charge in [0, 0.05) is 33.0 Å². The van der Waals surface area contributed by atoms with Gasteiger partial charge in [-0.2, -0.15) is 0 Å². The molecule has 5 nitrogen and oxygen atoms in total. The number of guanidine groups is 1. The molecule has 0 bridgehead atoms. The predicted molar refractivity (Wildman–Crippen MR) is 56.4 cm³/mol. The summed E-state index contributed by atoms with van der Waals surface area (Å²) >= 11 is 0. The summed E-state index contributed by atoms with van der Waals surface area (Å²) in [5, 5.41) is 0. The van der Waals surface area contributed by atoms with Crippen LogP contribution in [0, 0.1) is 0 Å². The molecule has 0 spiro atoms. The van der Waals surface area contributed by atoms with E-state index in [2.05, 4.69) is 15.4 Å². The van der Waals surface area contributed by atoms with Gasteiger partial charge in [-0.3, -0.25) is 15.4 Å². The lowest BCUT2D eigenvalue weighted by Crippen LogP contribution is -2.42. The first-order valence-corrected chi connectivity index (χ1v) is 4.31. The summed E-state index contributed by atoms with van der Waals surface area (Å²) in [5.74, 6) is 5.96. The van der Waals surface area contributed by atoms with Gasteiger partial charge in [-0.25, -0.2) is 5.84 Å². The van der Waals surface area contributed by atoms with Gasteiger partial charge in [-0.1, -0.05) is 0 Å². The summed E-state index contributed by atoms with van der Waals surface area (Å²) in [6.45, 7) is 0.749. The Kier molecular flexibility index (Phi) is 3.87. The molecule has 0 aliphatic carbocycles. The maximum absolute atomic E-state index is 5.30. The molecular weight excluding hydrogens is 178 g/mol. The highest BCUT2D eigenvalue weighted by Crippen LogP contribution is 2.00. The minimum atomic E-state index is 0.654. The topological polar surface area (TPSA) is 66.5 Å². The first-order valence-electron chi connectivity index (χ1n) is 4.31. The van der Waals surface area contributed by atoms with Crippen molar-refractivity contribution >= 4 is 5.96 Å². The third-order valence-electron chi connectivity index (χ3n) is 1.87. The first-order chi connectivity index (χ1) is 6.77. The van der Waals surface area contributed by atoms with Crippen molar-refractivity contribution in [2.24, 2.45) is 10.8 Å². The van der Waals surface area contributed by atoms with Crippen molar-refractivity contribution in [3.63, 3.8) is 0 Å². The van der Waals surface area contributed by atoms with Crippen LogP contribution < -0.4 is 11.3 Å². The number of nitrogens with two attached hydrogens (primary N) is 1. The number of nitrogens with zero attached hydrogens (tertiary/aromatic N) is 3. The van der Waals surface area contributed by atoms with Crippen LogP contribution in [-0.2, 0) is 6.54 Å². The molecule has 0 saturated carbocycles. The smallest absolute Gasteiger partial charge is 0.208 e. The molecule has 5 heteroatoms. The van der Waals surface area contributed by atoms with E-state index in [-0.39, 0.29) is 0 Å². The van der Waals surface area contributed by atoms with Crippen LogP contribution in [0.15, 0.2) is 29.5 Å². The molecular formula is C9H15N5. The molecule has 0 amide bonds. The second kappa shape index (κ2) is 5.18. The highest BCUT2D eigenvalue weighted by Gasteiger charge is 2.03. The highest BCUT2D eigenvalue weighted by molar-refractivity contribution is 5.78. The monoisotopic (exact) mass is 193 g/mol. The van der Waals surface area contributed by atoms with Crippen LogP contribution in [0.1, 0.15) is 5.56 Å². The third kappa shape index (κ3) is 2.70. The molecule has 0 fully saturated rings. The molecule has 3 N–H and O–H groups in total. The van der Waals surface area contributed by atoms with Crippen LogP contribution in [0.25, 0.3) is 0 Å². The van der Waals surface area contributed by atoms with Gasteiger partial charge in [0.25, 0.3) is 0 Å². The maximum atomic E-state index is 5.30. The molecule has 0 atom stereocenters. The van der Waals surface area contributed by atoms with Gasteiger partial charge in [0.2, 0.25) is 5.96 Å². The third-order valence-corrected chi connectivity index (χ3v) is 1.87. The molecule has 1 heterocycles. The van der Waals surface area contributed by atoms with Crippen LogP contribution in [0.2, 0.25) is 0 Å². The van der Waals surface area contributed by atoms with Gasteiger partial charge in [0.05, 0.1) is 0 Å². The molecule has 1 aromatic rings. The maximum Gasteiger partial charge on any atom is 0.208 e. The van der Waals surface area contributed by atoms with Crippen LogP contribution in [0.5, 0.6) is 0 Å². The first kappa shape index (κ1) is 10.5. The van der Waals surface area contributed by atoms with E-state index in [0.717, 1.165) is 6.54 Å². The number of aliphatic imine (C=N–C) groups is 1. The molecule has 14 heavy (non-hydrogen) atoms. The standard InChI is InChI=1S/C9H15N5/c1-11-9(13-10)14(2)7-8-3-5-12-6-4-8/h3-6H,7,10H2,1-2H3,(H,11,13). The summed E-state index contributed by atoms with van der Waals surface area (Å²) in [7, 11) is 3.61. The van der Waals surface area contributed by atoms with Gasteiger partial charge in [0.15, 0.2) is 0 Å². The van der Waals surface area contributed by atoms with Gasteiger partial charge in [0.1, 0.15) is 0 Å². The Hall–Kier alpha value is -1.62. The van der Waals surface area contributed by atoms with Crippen LogP contribution in [0.4, 0.5) is 0 Å². The van der Waals surface area contributed by atoms with E-state index in [1.54, 1.807) is 19.4 Å². The van der Waals surface area contributed by atoms with Crippen LogP contribution in [0.3, 0.4) is 0 Å². The molecule has 0 aromatic carbocycles. The summed E-state index contributed by atoms with van der Waals surface area (Å²) in [6.07, 6.45) is 3.53. The van der Waals surface area contributed by atoms with Gasteiger partial charge in [-0.05, 0) is 17.7 Å². The molecule has 0 saturated heterocycles.